The second-order valence-electron chi connectivity index (χ2n) is 8.02. The van der Waals surface area contributed by atoms with Crippen molar-refractivity contribution in [3.63, 3.8) is 0 Å². The van der Waals surface area contributed by atoms with Crippen LogP contribution in [-0.2, 0) is 14.8 Å². The van der Waals surface area contributed by atoms with Crippen LogP contribution in [0.3, 0.4) is 0 Å². The zero-order valence-electron chi connectivity index (χ0n) is 18.2. The van der Waals surface area contributed by atoms with Crippen molar-refractivity contribution in [1.29, 1.82) is 0 Å². The van der Waals surface area contributed by atoms with Crippen molar-refractivity contribution in [2.24, 2.45) is 5.14 Å². The van der Waals surface area contributed by atoms with E-state index < -0.39 is 15.9 Å². The van der Waals surface area contributed by atoms with E-state index in [1.807, 2.05) is 0 Å². The number of nitrogen functional groups attached to an aromatic ring is 1. The van der Waals surface area contributed by atoms with E-state index in [0.29, 0.717) is 23.0 Å². The standard InChI is InChI=1S/C22H26BrN5O5S/c23-14-7-10-17(24)16(11-14)22(31)26-12-20(29)27-18-3-1-2-4-19(18)28-21(30)13-5-8-15(9-6-13)34(25,32)33/h5-11,18-19H,1-4,12,24H2,(H,26,31)(H,27,29)(H,28,30)(H2,25,32,33)/t18-,19+/m1/s1. The van der Waals surface area contributed by atoms with E-state index in [0.717, 1.165) is 12.8 Å². The molecule has 0 aromatic heterocycles. The Kier molecular flexibility index (Phi) is 8.28. The summed E-state index contributed by atoms with van der Waals surface area (Å²) in [6.07, 6.45) is 3.13. The fraction of sp³-hybridized carbons (Fsp3) is 0.318. The average Bonchev–Trinajstić information content (AvgIpc) is 2.80. The summed E-state index contributed by atoms with van der Waals surface area (Å²) in [6.45, 7) is -0.239. The second kappa shape index (κ2) is 11.0. The highest BCUT2D eigenvalue weighted by molar-refractivity contribution is 9.10. The number of benzene rings is 2. The number of primary sulfonamides is 1. The number of anilines is 1. The Balaban J connectivity index is 1.57. The number of carbonyl (C=O) groups excluding carboxylic acids is 3. The molecule has 34 heavy (non-hydrogen) atoms. The van der Waals surface area contributed by atoms with E-state index in [1.54, 1.807) is 18.2 Å². The molecule has 0 radical (unpaired) electrons. The monoisotopic (exact) mass is 551 g/mol. The third-order valence-electron chi connectivity index (χ3n) is 5.54. The summed E-state index contributed by atoms with van der Waals surface area (Å²) in [6, 6.07) is 9.58. The first-order valence-electron chi connectivity index (χ1n) is 10.6. The van der Waals surface area contributed by atoms with Gasteiger partial charge in [0.05, 0.1) is 17.0 Å². The summed E-state index contributed by atoms with van der Waals surface area (Å²) in [5.74, 6) is -1.23. The van der Waals surface area contributed by atoms with Gasteiger partial charge in [-0.25, -0.2) is 13.6 Å². The maximum atomic E-state index is 12.7. The van der Waals surface area contributed by atoms with Gasteiger partial charge >= 0.3 is 0 Å². The molecule has 0 saturated heterocycles. The number of halogens is 1. The zero-order valence-corrected chi connectivity index (χ0v) is 20.6. The third kappa shape index (κ3) is 6.78. The maximum absolute atomic E-state index is 12.7. The number of rotatable bonds is 7. The number of sulfonamides is 1. The van der Waals surface area contributed by atoms with Crippen LogP contribution >= 0.6 is 15.9 Å². The molecule has 12 heteroatoms. The van der Waals surface area contributed by atoms with Gasteiger partial charge in [-0.15, -0.1) is 0 Å². The average molecular weight is 552 g/mol. The molecular formula is C22H26BrN5O5S. The molecule has 1 aliphatic carbocycles. The Morgan fingerprint density at radius 2 is 1.56 bits per heavy atom. The SMILES string of the molecule is Nc1ccc(Br)cc1C(=O)NCC(=O)N[C@@H]1CCCC[C@@H]1NC(=O)c1ccc(S(N)(=O)=O)cc1. The number of amides is 3. The molecule has 2 atom stereocenters. The fourth-order valence-electron chi connectivity index (χ4n) is 3.76. The van der Waals surface area contributed by atoms with Crippen LogP contribution in [0.4, 0.5) is 5.69 Å². The third-order valence-corrected chi connectivity index (χ3v) is 6.97. The molecule has 10 nitrogen and oxygen atoms in total. The van der Waals surface area contributed by atoms with Crippen molar-refractivity contribution >= 4 is 49.4 Å². The molecule has 1 fully saturated rings. The van der Waals surface area contributed by atoms with Gasteiger partial charge in [0.1, 0.15) is 0 Å². The predicted octanol–water partition coefficient (Wildman–Crippen LogP) is 1.27. The molecule has 0 heterocycles. The summed E-state index contributed by atoms with van der Waals surface area (Å²) >= 11 is 3.28. The van der Waals surface area contributed by atoms with Gasteiger partial charge in [0, 0.05) is 27.8 Å². The minimum Gasteiger partial charge on any atom is -0.398 e. The van der Waals surface area contributed by atoms with Gasteiger partial charge in [0.15, 0.2) is 0 Å². The molecule has 1 aliphatic rings. The lowest BCUT2D eigenvalue weighted by molar-refractivity contribution is -0.121. The van der Waals surface area contributed by atoms with Crippen LogP contribution in [0.2, 0.25) is 0 Å². The molecule has 2 aromatic rings. The zero-order chi connectivity index (χ0) is 24.9. The van der Waals surface area contributed by atoms with Gasteiger partial charge < -0.3 is 21.7 Å². The van der Waals surface area contributed by atoms with Crippen molar-refractivity contribution in [1.82, 2.24) is 16.0 Å². The van der Waals surface area contributed by atoms with Crippen molar-refractivity contribution in [3.8, 4) is 0 Å². The predicted molar refractivity (Wildman–Crippen MR) is 130 cm³/mol. The van der Waals surface area contributed by atoms with Crippen LogP contribution in [0.5, 0.6) is 0 Å². The molecule has 7 N–H and O–H groups in total. The Morgan fingerprint density at radius 3 is 2.18 bits per heavy atom. The first-order chi connectivity index (χ1) is 16.0. The molecule has 0 unspecified atom stereocenters. The maximum Gasteiger partial charge on any atom is 0.253 e. The topological polar surface area (TPSA) is 173 Å². The molecule has 1 saturated carbocycles. The van der Waals surface area contributed by atoms with E-state index >= 15 is 0 Å². The lowest BCUT2D eigenvalue weighted by Crippen LogP contribution is -2.54. The number of nitrogens with two attached hydrogens (primary N) is 2. The lowest BCUT2D eigenvalue weighted by atomic mass is 9.90. The van der Waals surface area contributed by atoms with Gasteiger partial charge in [-0.05, 0) is 55.3 Å². The van der Waals surface area contributed by atoms with Crippen LogP contribution in [0.1, 0.15) is 46.4 Å². The highest BCUT2D eigenvalue weighted by Crippen LogP contribution is 2.20. The molecule has 0 aliphatic heterocycles. The fourth-order valence-corrected chi connectivity index (χ4v) is 4.64. The number of carbonyl (C=O) groups is 3. The Bertz CT molecular complexity index is 1190. The lowest BCUT2D eigenvalue weighted by Gasteiger charge is -2.33. The highest BCUT2D eigenvalue weighted by Gasteiger charge is 2.28. The van der Waals surface area contributed by atoms with Gasteiger partial charge in [-0.2, -0.15) is 0 Å². The molecular weight excluding hydrogens is 526 g/mol. The van der Waals surface area contributed by atoms with Gasteiger partial charge in [0.2, 0.25) is 15.9 Å². The minimum absolute atomic E-state index is 0.0847. The highest BCUT2D eigenvalue weighted by atomic mass is 79.9. The normalized spacial score (nSPS) is 18.1. The Hall–Kier alpha value is -2.96. The first-order valence-corrected chi connectivity index (χ1v) is 12.9. The molecule has 182 valence electrons. The quantitative estimate of drug-likeness (QED) is 0.324. The Labute approximate surface area is 206 Å². The van der Waals surface area contributed by atoms with E-state index in [-0.39, 0.29) is 46.5 Å². The van der Waals surface area contributed by atoms with Crippen molar-refractivity contribution < 1.29 is 22.8 Å². The number of nitrogens with one attached hydrogen (secondary N) is 3. The van der Waals surface area contributed by atoms with Crippen molar-refractivity contribution in [2.75, 3.05) is 12.3 Å². The van der Waals surface area contributed by atoms with E-state index in [2.05, 4.69) is 31.9 Å². The van der Waals surface area contributed by atoms with Crippen molar-refractivity contribution in [2.45, 2.75) is 42.7 Å². The van der Waals surface area contributed by atoms with Gasteiger partial charge in [-0.3, -0.25) is 14.4 Å². The summed E-state index contributed by atoms with van der Waals surface area (Å²) in [5, 5.41) is 13.4. The number of hydrogen-bond donors (Lipinski definition) is 5. The number of hydrogen-bond acceptors (Lipinski definition) is 6. The van der Waals surface area contributed by atoms with Gasteiger partial charge in [0.25, 0.3) is 11.8 Å². The van der Waals surface area contributed by atoms with Crippen LogP contribution in [0, 0.1) is 0 Å². The van der Waals surface area contributed by atoms with Crippen LogP contribution < -0.4 is 26.8 Å². The minimum atomic E-state index is -3.85. The van der Waals surface area contributed by atoms with Crippen LogP contribution in [-0.4, -0.2) is 44.8 Å². The summed E-state index contributed by atoms with van der Waals surface area (Å²) in [4.78, 5) is 37.4. The van der Waals surface area contributed by atoms with E-state index in [4.69, 9.17) is 10.9 Å². The van der Waals surface area contributed by atoms with Crippen molar-refractivity contribution in [3.05, 3.63) is 58.1 Å². The molecule has 2 aromatic carbocycles. The van der Waals surface area contributed by atoms with Crippen LogP contribution in [0.15, 0.2) is 51.8 Å². The summed E-state index contributed by atoms with van der Waals surface area (Å²) in [5.41, 5.74) is 6.67. The Morgan fingerprint density at radius 1 is 0.941 bits per heavy atom. The smallest absolute Gasteiger partial charge is 0.253 e. The van der Waals surface area contributed by atoms with Crippen LogP contribution in [0.25, 0.3) is 0 Å². The van der Waals surface area contributed by atoms with E-state index in [1.165, 1.54) is 24.3 Å². The molecule has 3 amide bonds. The summed E-state index contributed by atoms with van der Waals surface area (Å²) in [7, 11) is -3.85. The molecule has 3 rings (SSSR count). The summed E-state index contributed by atoms with van der Waals surface area (Å²) < 4.78 is 23.5. The second-order valence-corrected chi connectivity index (χ2v) is 10.5. The van der Waals surface area contributed by atoms with E-state index in [9.17, 15) is 22.8 Å². The molecule has 0 spiro atoms. The largest absolute Gasteiger partial charge is 0.398 e. The molecule has 0 bridgehead atoms. The first kappa shape index (κ1) is 25.7. The van der Waals surface area contributed by atoms with Gasteiger partial charge in [-0.1, -0.05) is 28.8 Å².